The van der Waals surface area contributed by atoms with Gasteiger partial charge in [0.05, 0.1) is 22.9 Å². The Kier molecular flexibility index (Phi) is 6.27. The first kappa shape index (κ1) is 21.0. The van der Waals surface area contributed by atoms with Gasteiger partial charge in [-0.25, -0.2) is 13.8 Å². The van der Waals surface area contributed by atoms with Gasteiger partial charge >= 0.3 is 0 Å². The fraction of sp³-hybridized carbons (Fsp3) is 0.174. The van der Waals surface area contributed by atoms with Crippen LogP contribution in [0.2, 0.25) is 0 Å². The lowest BCUT2D eigenvalue weighted by molar-refractivity contribution is -0.119. The maximum absolute atomic E-state index is 14.1. The van der Waals surface area contributed by atoms with Crippen molar-refractivity contribution in [1.82, 2.24) is 14.5 Å². The van der Waals surface area contributed by atoms with E-state index in [1.807, 2.05) is 6.92 Å². The molecule has 1 unspecified atom stereocenters. The second-order valence-corrected chi connectivity index (χ2v) is 7.84. The molecule has 2 heterocycles. The zero-order valence-corrected chi connectivity index (χ0v) is 17.6. The molecule has 158 valence electrons. The number of carbonyl (C=O) groups excluding carboxylic acids is 1. The molecule has 0 fully saturated rings. The number of hydrogen-bond donors (Lipinski definition) is 1. The lowest BCUT2D eigenvalue weighted by Gasteiger charge is -2.20. The van der Waals surface area contributed by atoms with Crippen molar-refractivity contribution in [2.45, 2.75) is 30.3 Å². The van der Waals surface area contributed by atoms with E-state index in [-0.39, 0.29) is 17.4 Å². The quantitative estimate of drug-likeness (QED) is 0.382. The predicted molar refractivity (Wildman–Crippen MR) is 118 cm³/mol. The number of pyridine rings is 1. The first-order valence-corrected chi connectivity index (χ1v) is 10.8. The van der Waals surface area contributed by atoms with Gasteiger partial charge in [-0.3, -0.25) is 9.78 Å². The number of nitrogens with one attached hydrogen (secondary N) is 1. The number of hydrogen-bond acceptors (Lipinski definition) is 4. The normalized spacial score (nSPS) is 12.1. The lowest BCUT2D eigenvalue weighted by atomic mass is 10.2. The summed E-state index contributed by atoms with van der Waals surface area (Å²) in [4.78, 5) is 21.9. The van der Waals surface area contributed by atoms with Gasteiger partial charge in [-0.15, -0.1) is 0 Å². The van der Waals surface area contributed by atoms with Gasteiger partial charge in [-0.2, -0.15) is 0 Å². The summed E-state index contributed by atoms with van der Waals surface area (Å²) in [6, 6.07) is 13.7. The van der Waals surface area contributed by atoms with Crippen LogP contribution in [-0.2, 0) is 10.5 Å². The molecule has 0 bridgehead atoms. The van der Waals surface area contributed by atoms with Crippen LogP contribution < -0.4 is 5.32 Å². The van der Waals surface area contributed by atoms with E-state index in [0.717, 1.165) is 0 Å². The number of imidazole rings is 1. The van der Waals surface area contributed by atoms with Crippen LogP contribution in [0.25, 0.3) is 11.0 Å². The maximum Gasteiger partial charge on any atom is 0.247 e. The molecular weight excluding hydrogens is 418 g/mol. The van der Waals surface area contributed by atoms with Gasteiger partial charge < -0.3 is 9.88 Å². The highest BCUT2D eigenvalue weighted by Crippen LogP contribution is 2.32. The summed E-state index contributed by atoms with van der Waals surface area (Å²) in [5.41, 5.74) is 2.04. The van der Waals surface area contributed by atoms with Gasteiger partial charge in [0.1, 0.15) is 17.7 Å². The van der Waals surface area contributed by atoms with Crippen LogP contribution in [0.1, 0.15) is 24.9 Å². The van der Waals surface area contributed by atoms with Crippen LogP contribution in [0.5, 0.6) is 0 Å². The largest absolute Gasteiger partial charge is 0.322 e. The van der Waals surface area contributed by atoms with E-state index in [2.05, 4.69) is 15.3 Å². The third-order valence-corrected chi connectivity index (χ3v) is 5.91. The number of anilines is 1. The number of rotatable bonds is 7. The van der Waals surface area contributed by atoms with E-state index < -0.39 is 11.9 Å². The van der Waals surface area contributed by atoms with Crippen molar-refractivity contribution in [2.24, 2.45) is 0 Å². The molecule has 31 heavy (non-hydrogen) atoms. The zero-order valence-electron chi connectivity index (χ0n) is 16.8. The third-order valence-electron chi connectivity index (χ3n) is 4.91. The fourth-order valence-corrected chi connectivity index (χ4v) is 4.39. The second-order valence-electron chi connectivity index (χ2n) is 6.90. The number of nitrogens with zero attached hydrogens (tertiary/aromatic N) is 3. The number of para-hydroxylation sites is 1. The minimum atomic E-state index is -0.642. The average Bonchev–Trinajstić information content (AvgIpc) is 3.14. The number of aromatic nitrogens is 3. The smallest absolute Gasteiger partial charge is 0.247 e. The molecule has 1 amide bonds. The molecule has 5 nitrogen and oxygen atoms in total. The summed E-state index contributed by atoms with van der Waals surface area (Å²) >= 11 is 1.34. The van der Waals surface area contributed by atoms with E-state index in [0.29, 0.717) is 33.9 Å². The molecular formula is C23H20F2N4OS. The number of thioether (sulfide) groups is 1. The van der Waals surface area contributed by atoms with E-state index in [1.165, 1.54) is 30.0 Å². The SMILES string of the molecule is CCC(C(=O)Nc1ccccc1F)n1c(SCc2ccccc2F)nc2ccncc21. The number of benzene rings is 2. The summed E-state index contributed by atoms with van der Waals surface area (Å²) in [5, 5.41) is 3.24. The molecule has 1 N–H and O–H groups in total. The van der Waals surface area contributed by atoms with Crippen LogP contribution in [0.3, 0.4) is 0 Å². The summed E-state index contributed by atoms with van der Waals surface area (Å²) < 4.78 is 29.9. The van der Waals surface area contributed by atoms with Crippen molar-refractivity contribution < 1.29 is 13.6 Å². The standard InChI is InChI=1S/C23H20F2N4OS/c1-2-20(22(30)27-18-10-6-5-9-17(18)25)29-21-13-26-12-11-19(21)28-23(29)31-14-15-7-3-4-8-16(15)24/h3-13,20H,2,14H2,1H3,(H,27,30). The Balaban J connectivity index is 1.68. The summed E-state index contributed by atoms with van der Waals surface area (Å²) in [7, 11) is 0. The van der Waals surface area contributed by atoms with Gasteiger partial charge in [0.25, 0.3) is 0 Å². The van der Waals surface area contributed by atoms with Crippen LogP contribution in [0.15, 0.2) is 72.1 Å². The summed E-state index contributed by atoms with van der Waals surface area (Å²) in [6.07, 6.45) is 3.73. The molecule has 8 heteroatoms. The van der Waals surface area contributed by atoms with Gasteiger partial charge in [0.15, 0.2) is 5.16 Å². The Morgan fingerprint density at radius 3 is 2.58 bits per heavy atom. The number of fused-ring (bicyclic) bond motifs is 1. The molecule has 0 aliphatic rings. The first-order chi connectivity index (χ1) is 15.1. The van der Waals surface area contributed by atoms with Crippen molar-refractivity contribution in [1.29, 1.82) is 0 Å². The lowest BCUT2D eigenvalue weighted by Crippen LogP contribution is -2.26. The van der Waals surface area contributed by atoms with Crippen molar-refractivity contribution in [3.8, 4) is 0 Å². The van der Waals surface area contributed by atoms with E-state index in [1.54, 1.807) is 53.4 Å². The first-order valence-electron chi connectivity index (χ1n) is 9.82. The molecule has 2 aromatic heterocycles. The van der Waals surface area contributed by atoms with Crippen LogP contribution in [0, 0.1) is 11.6 Å². The maximum atomic E-state index is 14.1. The Labute approximate surface area is 182 Å². The Morgan fingerprint density at radius 2 is 1.84 bits per heavy atom. The van der Waals surface area contributed by atoms with Crippen molar-refractivity contribution in [3.05, 3.63) is 84.2 Å². The molecule has 0 aliphatic carbocycles. The van der Waals surface area contributed by atoms with Gasteiger partial charge in [-0.1, -0.05) is 49.0 Å². The fourth-order valence-electron chi connectivity index (χ4n) is 3.34. The predicted octanol–water partition coefficient (Wildman–Crippen LogP) is 5.59. The Morgan fingerprint density at radius 1 is 1.10 bits per heavy atom. The van der Waals surface area contributed by atoms with Gasteiger partial charge in [0, 0.05) is 11.9 Å². The zero-order chi connectivity index (χ0) is 21.8. The molecule has 0 saturated heterocycles. The monoisotopic (exact) mass is 438 g/mol. The Bertz CT molecular complexity index is 1230. The second kappa shape index (κ2) is 9.26. The molecule has 0 aliphatic heterocycles. The number of amides is 1. The molecule has 0 saturated carbocycles. The van der Waals surface area contributed by atoms with E-state index in [4.69, 9.17) is 0 Å². The van der Waals surface area contributed by atoms with Gasteiger partial charge in [0.2, 0.25) is 5.91 Å². The molecule has 0 spiro atoms. The highest BCUT2D eigenvalue weighted by molar-refractivity contribution is 7.98. The van der Waals surface area contributed by atoms with Gasteiger partial charge in [-0.05, 0) is 36.2 Å². The molecule has 1 atom stereocenters. The summed E-state index contributed by atoms with van der Waals surface area (Å²) in [6.45, 7) is 1.87. The van der Waals surface area contributed by atoms with E-state index >= 15 is 0 Å². The highest BCUT2D eigenvalue weighted by Gasteiger charge is 2.25. The third kappa shape index (κ3) is 4.44. The number of carbonyl (C=O) groups is 1. The molecule has 4 rings (SSSR count). The molecule has 0 radical (unpaired) electrons. The summed E-state index contributed by atoms with van der Waals surface area (Å²) in [5.74, 6) is -0.793. The Hall–Kier alpha value is -3.26. The van der Waals surface area contributed by atoms with Crippen molar-refractivity contribution in [3.63, 3.8) is 0 Å². The average molecular weight is 439 g/mol. The minimum Gasteiger partial charge on any atom is -0.322 e. The molecule has 4 aromatic rings. The van der Waals surface area contributed by atoms with E-state index in [9.17, 15) is 13.6 Å². The molecule has 2 aromatic carbocycles. The van der Waals surface area contributed by atoms with Crippen molar-refractivity contribution in [2.75, 3.05) is 5.32 Å². The van der Waals surface area contributed by atoms with Crippen LogP contribution >= 0.6 is 11.8 Å². The highest BCUT2D eigenvalue weighted by atomic mass is 32.2. The van der Waals surface area contributed by atoms with Crippen molar-refractivity contribution >= 4 is 34.4 Å². The van der Waals surface area contributed by atoms with Crippen LogP contribution in [0.4, 0.5) is 14.5 Å². The van der Waals surface area contributed by atoms with Crippen LogP contribution in [-0.4, -0.2) is 20.4 Å². The topological polar surface area (TPSA) is 59.8 Å². The number of halogens is 2. The minimum absolute atomic E-state index is 0.119.